The minimum atomic E-state index is -4.44. The molecule has 3 saturated heterocycles. The van der Waals surface area contributed by atoms with Crippen LogP contribution < -0.4 is 16.0 Å². The van der Waals surface area contributed by atoms with Crippen LogP contribution in [0, 0.1) is 13.8 Å². The largest absolute Gasteiger partial charge is 0.444 e. The van der Waals surface area contributed by atoms with Gasteiger partial charge in [-0.05, 0) is 145 Å². The van der Waals surface area contributed by atoms with Crippen molar-refractivity contribution in [2.24, 2.45) is 0 Å². The summed E-state index contributed by atoms with van der Waals surface area (Å²) < 4.78 is 120. The Bertz CT molecular complexity index is 3930. The summed E-state index contributed by atoms with van der Waals surface area (Å²) in [6, 6.07) is 18.2. The minimum Gasteiger partial charge on any atom is -0.444 e. The summed E-state index contributed by atoms with van der Waals surface area (Å²) in [4.78, 5) is 72.8. The molecule has 31 heteroatoms. The van der Waals surface area contributed by atoms with Gasteiger partial charge in [0.1, 0.15) is 40.8 Å². The fraction of sp³-hybridized carbons (Fsp3) is 0.359. The van der Waals surface area contributed by atoms with E-state index in [0.29, 0.717) is 71.2 Å². The number of rotatable bonds is 12. The number of halogens is 9. The Morgan fingerprint density at radius 1 is 0.484 bits per heavy atom. The first-order chi connectivity index (χ1) is 45.3. The molecule has 12 rings (SSSR count). The highest BCUT2D eigenvalue weighted by atomic mass is 19.4. The molecule has 1 aromatic carbocycles. The lowest BCUT2D eigenvalue weighted by atomic mass is 9.95. The van der Waals surface area contributed by atoms with Gasteiger partial charge < -0.3 is 35.1 Å². The number of benzene rings is 1. The molecule has 11 heterocycles. The Labute approximate surface area is 538 Å². The van der Waals surface area contributed by atoms with Crippen LogP contribution in [-0.4, -0.2) is 148 Å². The molecule has 22 nitrogen and oxygen atoms in total. The average molecular weight is 1320 g/mol. The highest BCUT2D eigenvalue weighted by Gasteiger charge is 2.39. The topological polar surface area (TPSA) is 249 Å². The SMILES string of the molecule is C[C@H]1[C@H](Nc2ccc(C(F)(F)F)cn2)CCCN1C(=O)c1ncccc1-n1nccn1.Cc1ccc(-c2ncco2)c(C(=O)N2CCC[C@@H](Nc3ccc(C(F)(F)F)cn3)[C@@H]2C)n1.Cc1cccc(C(=O)N2CCC[C@@H](Nc3ccc(C(F)(F)F)cn3)[C@@H]2C)c1-n1nccn1. The number of carbonyl (C=O) groups is 3. The summed E-state index contributed by atoms with van der Waals surface area (Å²) in [5.74, 6) is 0.681. The van der Waals surface area contributed by atoms with Gasteiger partial charge in [-0.15, -0.1) is 4.80 Å². The molecule has 0 bridgehead atoms. The number of nitrogens with zero attached hydrogens (tertiary/aromatic N) is 15. The Morgan fingerprint density at radius 2 is 0.937 bits per heavy atom. The summed E-state index contributed by atoms with van der Waals surface area (Å²) in [5.41, 5.74) is 1.78. The second-order valence-corrected chi connectivity index (χ2v) is 22.9. The molecule has 0 saturated carbocycles. The van der Waals surface area contributed by atoms with Crippen molar-refractivity contribution in [1.29, 1.82) is 0 Å². The Morgan fingerprint density at radius 3 is 1.37 bits per heavy atom. The van der Waals surface area contributed by atoms with E-state index < -0.39 is 35.2 Å². The van der Waals surface area contributed by atoms with Crippen LogP contribution in [0.5, 0.6) is 0 Å². The van der Waals surface area contributed by atoms with Crippen molar-refractivity contribution >= 4 is 35.2 Å². The van der Waals surface area contributed by atoms with Gasteiger partial charge >= 0.3 is 18.5 Å². The minimum absolute atomic E-state index is 0.139. The molecular formula is C64H65F9N18O4. The zero-order valence-corrected chi connectivity index (χ0v) is 51.8. The first kappa shape index (κ1) is 67.5. The van der Waals surface area contributed by atoms with Crippen molar-refractivity contribution in [3.05, 3.63) is 186 Å². The predicted octanol–water partition coefficient (Wildman–Crippen LogP) is 11.8. The zero-order valence-electron chi connectivity index (χ0n) is 51.8. The van der Waals surface area contributed by atoms with Crippen molar-refractivity contribution in [3.63, 3.8) is 0 Å². The van der Waals surface area contributed by atoms with Crippen LogP contribution in [0.25, 0.3) is 22.8 Å². The zero-order chi connectivity index (χ0) is 67.8. The number of hydrogen-bond donors (Lipinski definition) is 3. The van der Waals surface area contributed by atoms with Gasteiger partial charge in [-0.1, -0.05) is 12.1 Å². The van der Waals surface area contributed by atoms with Crippen molar-refractivity contribution in [3.8, 4) is 22.8 Å². The molecule has 498 valence electrons. The van der Waals surface area contributed by atoms with Gasteiger partial charge in [0.2, 0.25) is 5.89 Å². The number of hydrogen-bond acceptors (Lipinski definition) is 17. The Hall–Kier alpha value is -10.4. The number of para-hydroxylation sites is 1. The van der Waals surface area contributed by atoms with E-state index in [2.05, 4.69) is 66.2 Å². The molecule has 3 N–H and O–H groups in total. The maximum absolute atomic E-state index is 13.5. The number of likely N-dealkylation sites (tertiary alicyclic amines) is 3. The quantitative estimate of drug-likeness (QED) is 0.0962. The van der Waals surface area contributed by atoms with Crippen LogP contribution in [0.15, 0.2) is 145 Å². The van der Waals surface area contributed by atoms with Gasteiger partial charge in [0.15, 0.2) is 5.69 Å². The molecule has 3 amide bonds. The Balaban J connectivity index is 0.000000155. The molecule has 95 heavy (non-hydrogen) atoms. The van der Waals surface area contributed by atoms with E-state index in [-0.39, 0.29) is 65.4 Å². The van der Waals surface area contributed by atoms with Crippen LogP contribution >= 0.6 is 0 Å². The highest BCUT2D eigenvalue weighted by molar-refractivity contribution is 5.99. The number of aromatic nitrogens is 12. The smallest absolute Gasteiger partial charge is 0.417 e. The fourth-order valence-electron chi connectivity index (χ4n) is 11.5. The first-order valence-corrected chi connectivity index (χ1v) is 30.3. The second-order valence-electron chi connectivity index (χ2n) is 22.9. The summed E-state index contributed by atoms with van der Waals surface area (Å²) in [6.07, 6.45) is 4.24. The second kappa shape index (κ2) is 28.9. The van der Waals surface area contributed by atoms with E-state index >= 15 is 0 Å². The summed E-state index contributed by atoms with van der Waals surface area (Å²) in [5, 5.41) is 26.1. The standard InChI is InChI=1S/C22H23F3N6O.C22H22F3N5O2.C20H20F3N7O/c1-14-5-3-6-17(20(14)31-27-10-11-28-31)21(32)30-12-4-7-18(15(30)2)29-19-9-8-16(13-26-19)22(23,24)25;1-13-5-7-16(20-26-9-11-32-20)19(28-13)21(31)30-10-3-4-17(14(30)2)29-18-8-6-15(12-27-18)22(23,24)25;1-13-15(28-17-7-6-14(12-25-17)20(21,22)23)4-3-11-29(13)19(31)18-16(5-2-8-24-18)30-26-9-10-27-30/h3,5-6,8-11,13,15,18H,4,7,12H2,1-2H3,(H,26,29);5-9,11-12,14,17H,3-4,10H2,1-2H3,(H,27,29);2,5-10,12-13,15H,3-4,11H2,1H3,(H,25,28)/t15-,18+;14-,17+;13-,15+/m000/s1. The van der Waals surface area contributed by atoms with Gasteiger partial charge in [-0.25, -0.2) is 29.9 Å². The van der Waals surface area contributed by atoms with Gasteiger partial charge in [0, 0.05) is 86.4 Å². The monoisotopic (exact) mass is 1320 g/mol. The number of oxazole rings is 1. The molecule has 9 aromatic rings. The third kappa shape index (κ3) is 16.0. The third-order valence-electron chi connectivity index (χ3n) is 16.6. The molecule has 0 unspecified atom stereocenters. The normalized spacial score (nSPS) is 19.2. The van der Waals surface area contributed by atoms with Crippen molar-refractivity contribution < 1.29 is 58.3 Å². The van der Waals surface area contributed by atoms with Crippen LogP contribution in [0.2, 0.25) is 0 Å². The van der Waals surface area contributed by atoms with E-state index in [4.69, 9.17) is 4.42 Å². The molecular weight excluding hydrogens is 1260 g/mol. The number of anilines is 3. The van der Waals surface area contributed by atoms with Crippen LogP contribution in [0.4, 0.5) is 57.0 Å². The van der Waals surface area contributed by atoms with E-state index in [1.165, 1.54) is 58.8 Å². The van der Waals surface area contributed by atoms with Gasteiger partial charge in [0.05, 0.1) is 58.8 Å². The first-order valence-electron chi connectivity index (χ1n) is 30.3. The molecule has 0 radical (unpaired) electrons. The van der Waals surface area contributed by atoms with Crippen LogP contribution in [-0.2, 0) is 18.5 Å². The van der Waals surface area contributed by atoms with Gasteiger partial charge in [0.25, 0.3) is 17.7 Å². The molecule has 3 fully saturated rings. The number of pyridine rings is 5. The van der Waals surface area contributed by atoms with Crippen molar-refractivity contribution in [1.82, 2.24) is 74.6 Å². The molecule has 0 aliphatic carbocycles. The van der Waals surface area contributed by atoms with Gasteiger partial charge in [-0.2, -0.15) is 64.7 Å². The fourth-order valence-corrected chi connectivity index (χ4v) is 11.5. The highest BCUT2D eigenvalue weighted by Crippen LogP contribution is 2.34. The van der Waals surface area contributed by atoms with Crippen molar-refractivity contribution in [2.45, 2.75) is 128 Å². The molecule has 3 aliphatic rings. The summed E-state index contributed by atoms with van der Waals surface area (Å²) in [7, 11) is 0. The number of piperidine rings is 3. The number of amides is 3. The predicted molar refractivity (Wildman–Crippen MR) is 329 cm³/mol. The molecule has 0 spiro atoms. The van der Waals surface area contributed by atoms with E-state index in [1.54, 1.807) is 64.3 Å². The van der Waals surface area contributed by atoms with Gasteiger partial charge in [-0.3, -0.25) is 14.4 Å². The van der Waals surface area contributed by atoms with E-state index in [0.717, 1.165) is 80.9 Å². The number of aryl methyl sites for hydroxylation is 2. The molecule has 3 aliphatic heterocycles. The van der Waals surface area contributed by atoms with E-state index in [1.807, 2.05) is 39.8 Å². The molecule has 6 atom stereocenters. The lowest BCUT2D eigenvalue weighted by Crippen LogP contribution is -2.52. The van der Waals surface area contributed by atoms with Crippen LogP contribution in [0.3, 0.4) is 0 Å². The lowest BCUT2D eigenvalue weighted by Gasteiger charge is -2.40. The Kier molecular flexibility index (Phi) is 20.5. The summed E-state index contributed by atoms with van der Waals surface area (Å²) in [6.45, 7) is 11.1. The molecule has 8 aromatic heterocycles. The van der Waals surface area contributed by atoms with Crippen LogP contribution in [0.1, 0.15) is 119 Å². The summed E-state index contributed by atoms with van der Waals surface area (Å²) >= 11 is 0. The maximum atomic E-state index is 13.5. The maximum Gasteiger partial charge on any atom is 0.417 e. The van der Waals surface area contributed by atoms with Crippen molar-refractivity contribution in [2.75, 3.05) is 35.6 Å². The van der Waals surface area contributed by atoms with E-state index in [9.17, 15) is 53.9 Å². The number of carbonyl (C=O) groups excluding carboxylic acids is 3. The number of alkyl halides is 9. The third-order valence-corrected chi connectivity index (χ3v) is 16.6. The lowest BCUT2D eigenvalue weighted by molar-refractivity contribution is -0.138. The number of nitrogens with one attached hydrogen (secondary N) is 3. The average Bonchev–Trinajstić information content (AvgIpc) is 1.82.